The molecule has 0 atom stereocenters. The first kappa shape index (κ1) is 13.4. The molecule has 0 aliphatic carbocycles. The molecule has 2 N–H and O–H groups in total. The first-order valence-corrected chi connectivity index (χ1v) is 6.71. The van der Waals surface area contributed by atoms with Crippen molar-refractivity contribution in [2.45, 2.75) is 13.1 Å². The Balaban J connectivity index is 1.83. The molecule has 0 radical (unpaired) electrons. The normalized spacial score (nSPS) is 13.1. The van der Waals surface area contributed by atoms with Gasteiger partial charge >= 0.3 is 0 Å². The molecule has 1 aromatic heterocycles. The topological polar surface area (TPSA) is 75.4 Å². The molecule has 21 heavy (non-hydrogen) atoms. The molecule has 0 fully saturated rings. The number of carbonyl (C=O) groups is 1. The molecule has 1 aliphatic rings. The molecule has 0 spiro atoms. The third-order valence-corrected chi connectivity index (χ3v) is 3.57. The van der Waals surface area contributed by atoms with E-state index >= 15 is 0 Å². The largest absolute Gasteiger partial charge is 0.378 e. The van der Waals surface area contributed by atoms with Gasteiger partial charge in [-0.2, -0.15) is 0 Å². The number of rotatable bonds is 2. The predicted molar refractivity (Wildman–Crippen MR) is 80.8 cm³/mol. The Morgan fingerprint density at radius 2 is 2.14 bits per heavy atom. The predicted octanol–water partition coefficient (Wildman–Crippen LogP) is 1.28. The maximum atomic E-state index is 12.6. The minimum absolute atomic E-state index is 0.00438. The van der Waals surface area contributed by atoms with Crippen molar-refractivity contribution in [1.29, 1.82) is 0 Å². The average Bonchev–Trinajstić information content (AvgIpc) is 2.89. The van der Waals surface area contributed by atoms with Crippen LogP contribution in [0.3, 0.4) is 0 Å². The highest BCUT2D eigenvalue weighted by Crippen LogP contribution is 2.23. The molecular weight excluding hydrogens is 266 g/mol. The highest BCUT2D eigenvalue weighted by molar-refractivity contribution is 5.95. The lowest BCUT2D eigenvalue weighted by Crippen LogP contribution is -2.25. The van der Waals surface area contributed by atoms with Gasteiger partial charge in [-0.3, -0.25) is 4.79 Å². The lowest BCUT2D eigenvalue weighted by molar-refractivity contribution is 0.0750. The summed E-state index contributed by atoms with van der Waals surface area (Å²) < 4.78 is 0. The first-order valence-electron chi connectivity index (χ1n) is 6.71. The number of carbonyl (C=O) groups excluding carboxylic acids is 1. The second-order valence-electron chi connectivity index (χ2n) is 5.31. The van der Waals surface area contributed by atoms with Crippen molar-refractivity contribution < 1.29 is 4.79 Å². The van der Waals surface area contributed by atoms with Crippen LogP contribution in [0.1, 0.15) is 21.6 Å². The van der Waals surface area contributed by atoms with Crippen molar-refractivity contribution in [3.8, 4) is 0 Å². The van der Waals surface area contributed by atoms with Gasteiger partial charge < -0.3 is 15.5 Å². The Bertz CT molecular complexity index is 698. The molecule has 2 heterocycles. The number of fused-ring (bicyclic) bond motifs is 1. The summed E-state index contributed by atoms with van der Waals surface area (Å²) in [5, 5.41) is 0. The van der Waals surface area contributed by atoms with Gasteiger partial charge in [0.2, 0.25) is 5.95 Å². The highest BCUT2D eigenvalue weighted by Gasteiger charge is 2.26. The summed E-state index contributed by atoms with van der Waals surface area (Å²) in [5.41, 5.74) is 9.06. The summed E-state index contributed by atoms with van der Waals surface area (Å²) in [6, 6.07) is 7.59. The minimum Gasteiger partial charge on any atom is -0.378 e. The molecule has 6 heteroatoms. The molecule has 2 aromatic rings. The molecule has 1 aromatic carbocycles. The zero-order valence-corrected chi connectivity index (χ0v) is 12.1. The van der Waals surface area contributed by atoms with E-state index in [2.05, 4.69) is 9.97 Å². The summed E-state index contributed by atoms with van der Waals surface area (Å²) in [4.78, 5) is 24.5. The number of benzene rings is 1. The van der Waals surface area contributed by atoms with Gasteiger partial charge in [0.25, 0.3) is 5.91 Å². The van der Waals surface area contributed by atoms with Crippen LogP contribution in [0.5, 0.6) is 0 Å². The van der Waals surface area contributed by atoms with E-state index in [9.17, 15) is 4.79 Å². The Labute approximate surface area is 123 Å². The molecule has 1 aliphatic heterocycles. The van der Waals surface area contributed by atoms with Crippen molar-refractivity contribution >= 4 is 17.5 Å². The Morgan fingerprint density at radius 3 is 2.90 bits per heavy atom. The Morgan fingerprint density at radius 1 is 1.33 bits per heavy atom. The second-order valence-corrected chi connectivity index (χ2v) is 5.31. The fraction of sp³-hybridized carbons (Fsp3) is 0.267. The molecule has 0 unspecified atom stereocenters. The lowest BCUT2D eigenvalue weighted by atomic mass is 10.1. The zero-order chi connectivity index (χ0) is 15.0. The fourth-order valence-corrected chi connectivity index (χ4v) is 2.41. The van der Waals surface area contributed by atoms with Crippen LogP contribution in [0.2, 0.25) is 0 Å². The highest BCUT2D eigenvalue weighted by atomic mass is 16.2. The van der Waals surface area contributed by atoms with E-state index in [4.69, 9.17) is 5.73 Å². The van der Waals surface area contributed by atoms with E-state index in [0.29, 0.717) is 18.7 Å². The van der Waals surface area contributed by atoms with Crippen LogP contribution in [0.15, 0.2) is 30.5 Å². The van der Waals surface area contributed by atoms with Crippen molar-refractivity contribution in [2.24, 2.45) is 0 Å². The van der Waals surface area contributed by atoms with Gasteiger partial charge in [-0.15, -0.1) is 0 Å². The van der Waals surface area contributed by atoms with E-state index in [1.807, 2.05) is 43.3 Å². The quantitative estimate of drug-likeness (QED) is 0.898. The van der Waals surface area contributed by atoms with E-state index < -0.39 is 0 Å². The number of amides is 1. The number of hydrogen-bond donors (Lipinski definition) is 1. The molecule has 3 rings (SSSR count). The smallest absolute Gasteiger partial charge is 0.254 e. The van der Waals surface area contributed by atoms with Crippen LogP contribution in [-0.4, -0.2) is 34.9 Å². The van der Waals surface area contributed by atoms with E-state index in [0.717, 1.165) is 16.9 Å². The van der Waals surface area contributed by atoms with Gasteiger partial charge in [-0.05, 0) is 18.2 Å². The number of anilines is 2. The number of nitrogens with zero attached hydrogens (tertiary/aromatic N) is 4. The maximum Gasteiger partial charge on any atom is 0.254 e. The van der Waals surface area contributed by atoms with Gasteiger partial charge in [0.1, 0.15) is 0 Å². The minimum atomic E-state index is -0.00438. The third kappa shape index (κ3) is 2.52. The van der Waals surface area contributed by atoms with Crippen molar-refractivity contribution in [3.05, 3.63) is 47.3 Å². The van der Waals surface area contributed by atoms with Crippen molar-refractivity contribution in [2.75, 3.05) is 24.7 Å². The summed E-state index contributed by atoms with van der Waals surface area (Å²) in [7, 11) is 3.90. The van der Waals surface area contributed by atoms with Crippen LogP contribution < -0.4 is 10.6 Å². The van der Waals surface area contributed by atoms with Crippen molar-refractivity contribution in [1.82, 2.24) is 14.9 Å². The molecule has 0 bridgehead atoms. The van der Waals surface area contributed by atoms with E-state index in [1.165, 1.54) is 0 Å². The summed E-state index contributed by atoms with van der Waals surface area (Å²) in [6.45, 7) is 1.01. The monoisotopic (exact) mass is 283 g/mol. The number of nitrogens with two attached hydrogens (primary N) is 1. The zero-order valence-electron chi connectivity index (χ0n) is 12.1. The van der Waals surface area contributed by atoms with Crippen LogP contribution in [-0.2, 0) is 13.1 Å². The van der Waals surface area contributed by atoms with Gasteiger partial charge in [-0.1, -0.05) is 6.07 Å². The van der Waals surface area contributed by atoms with E-state index in [-0.39, 0.29) is 11.9 Å². The molecule has 1 amide bonds. The molecule has 108 valence electrons. The fourth-order valence-electron chi connectivity index (χ4n) is 2.41. The molecular formula is C15H17N5O. The van der Waals surface area contributed by atoms with Crippen LogP contribution in [0, 0.1) is 0 Å². The average molecular weight is 283 g/mol. The summed E-state index contributed by atoms with van der Waals surface area (Å²) in [5.74, 6) is 0.243. The first-order chi connectivity index (χ1) is 10.0. The van der Waals surface area contributed by atoms with Gasteiger partial charge in [0.15, 0.2) is 0 Å². The molecule has 0 saturated carbocycles. The number of aromatic nitrogens is 2. The standard InChI is InChI=1S/C15H17N5O/c1-19(2)12-5-3-4-10(6-12)14(21)20-8-11-7-17-15(16)18-13(11)9-20/h3-7H,8-9H2,1-2H3,(H2,16,17,18). The van der Waals surface area contributed by atoms with Crippen LogP contribution in [0.25, 0.3) is 0 Å². The lowest BCUT2D eigenvalue weighted by Gasteiger charge is -2.17. The second kappa shape index (κ2) is 5.05. The van der Waals surface area contributed by atoms with Crippen molar-refractivity contribution in [3.63, 3.8) is 0 Å². The number of nitrogen functional groups attached to an aromatic ring is 1. The van der Waals surface area contributed by atoms with Gasteiger partial charge in [0, 0.05) is 43.7 Å². The maximum absolute atomic E-state index is 12.6. The van der Waals surface area contributed by atoms with Crippen LogP contribution in [0.4, 0.5) is 11.6 Å². The van der Waals surface area contributed by atoms with E-state index in [1.54, 1.807) is 11.1 Å². The summed E-state index contributed by atoms with van der Waals surface area (Å²) in [6.07, 6.45) is 1.70. The molecule has 6 nitrogen and oxygen atoms in total. The Kier molecular flexibility index (Phi) is 3.21. The number of hydrogen-bond acceptors (Lipinski definition) is 5. The molecule has 0 saturated heterocycles. The van der Waals surface area contributed by atoms with Crippen LogP contribution >= 0.6 is 0 Å². The van der Waals surface area contributed by atoms with Gasteiger partial charge in [-0.25, -0.2) is 9.97 Å². The summed E-state index contributed by atoms with van der Waals surface area (Å²) >= 11 is 0. The third-order valence-electron chi connectivity index (χ3n) is 3.57. The Hall–Kier alpha value is -2.63. The van der Waals surface area contributed by atoms with Gasteiger partial charge in [0.05, 0.1) is 12.2 Å². The SMILES string of the molecule is CN(C)c1cccc(C(=O)N2Cc3cnc(N)nc3C2)c1.